The largest absolute Gasteiger partial charge is 0.481 e. The minimum absolute atomic E-state index is 0.105. The zero-order valence-electron chi connectivity index (χ0n) is 11.1. The first-order chi connectivity index (χ1) is 10.5. The maximum atomic E-state index is 11.7. The quantitative estimate of drug-likeness (QED) is 0.731. The van der Waals surface area contributed by atoms with E-state index in [0.717, 1.165) is 0 Å². The number of benzene rings is 1. The van der Waals surface area contributed by atoms with E-state index in [1.54, 1.807) is 12.1 Å². The number of furan rings is 1. The summed E-state index contributed by atoms with van der Waals surface area (Å²) in [6.07, 6.45) is 1.52. The van der Waals surface area contributed by atoms with E-state index in [0.29, 0.717) is 20.5 Å². The molecule has 6 nitrogen and oxygen atoms in total. The molecule has 22 heavy (non-hydrogen) atoms. The summed E-state index contributed by atoms with van der Waals surface area (Å²) < 4.78 is 11.4. The molecule has 2 rings (SSSR count). The first kappa shape index (κ1) is 16.6. The van der Waals surface area contributed by atoms with Crippen LogP contribution in [-0.2, 0) is 11.3 Å². The van der Waals surface area contributed by atoms with Crippen LogP contribution in [0, 0.1) is 0 Å². The third-order valence-corrected chi connectivity index (χ3v) is 3.81. The molecule has 0 atom stereocenters. The second-order valence-electron chi connectivity index (χ2n) is 4.22. The Labute approximate surface area is 142 Å². The minimum atomic E-state index is -1.05. The van der Waals surface area contributed by atoms with E-state index in [1.165, 1.54) is 18.4 Å². The summed E-state index contributed by atoms with van der Waals surface area (Å²) in [7, 11) is 0. The number of halogens is 2. The van der Waals surface area contributed by atoms with Crippen molar-refractivity contribution in [2.45, 2.75) is 6.54 Å². The zero-order chi connectivity index (χ0) is 16.1. The number of carboxylic acid groups (broad SMARTS) is 1. The maximum absolute atomic E-state index is 11.7. The van der Waals surface area contributed by atoms with Crippen molar-refractivity contribution in [2.24, 2.45) is 0 Å². The number of carbonyl (C=O) groups is 2. The van der Waals surface area contributed by atoms with Gasteiger partial charge in [-0.25, -0.2) is 4.79 Å². The number of amides is 1. The fraction of sp³-hybridized carbons (Fsp3) is 0.143. The topological polar surface area (TPSA) is 88.8 Å². The maximum Gasteiger partial charge on any atom is 0.335 e. The van der Waals surface area contributed by atoms with Gasteiger partial charge in [-0.3, -0.25) is 4.79 Å². The molecule has 0 spiro atoms. The highest BCUT2D eigenvalue weighted by atomic mass is 79.9. The Morgan fingerprint density at radius 3 is 2.50 bits per heavy atom. The summed E-state index contributed by atoms with van der Waals surface area (Å²) in [5.41, 5.74) is 0.105. The molecule has 1 heterocycles. The molecule has 2 aromatic rings. The average Bonchev–Trinajstić information content (AvgIpc) is 2.97. The molecule has 2 N–H and O–H groups in total. The van der Waals surface area contributed by atoms with Gasteiger partial charge < -0.3 is 19.6 Å². The Kier molecular flexibility index (Phi) is 5.62. The van der Waals surface area contributed by atoms with Crippen molar-refractivity contribution in [3.05, 3.63) is 50.8 Å². The molecule has 0 aliphatic rings. The highest BCUT2D eigenvalue weighted by molar-refractivity contribution is 9.11. The molecule has 8 heteroatoms. The van der Waals surface area contributed by atoms with Crippen LogP contribution in [0.5, 0.6) is 5.75 Å². The number of hydrogen-bond acceptors (Lipinski definition) is 4. The van der Waals surface area contributed by atoms with Crippen LogP contribution in [0.25, 0.3) is 0 Å². The lowest BCUT2D eigenvalue weighted by Crippen LogP contribution is -2.28. The molecular weight excluding hydrogens is 422 g/mol. The summed E-state index contributed by atoms with van der Waals surface area (Å²) in [4.78, 5) is 22.6. The Bertz CT molecular complexity index is 662. The van der Waals surface area contributed by atoms with Crippen LogP contribution in [0.1, 0.15) is 16.1 Å². The van der Waals surface area contributed by atoms with Crippen LogP contribution >= 0.6 is 31.9 Å². The van der Waals surface area contributed by atoms with Crippen LogP contribution in [0.4, 0.5) is 0 Å². The molecule has 0 bridgehead atoms. The van der Waals surface area contributed by atoms with Crippen molar-refractivity contribution in [3.63, 3.8) is 0 Å². The van der Waals surface area contributed by atoms with Gasteiger partial charge in [0.05, 0.1) is 27.3 Å². The van der Waals surface area contributed by atoms with Gasteiger partial charge in [-0.05, 0) is 56.1 Å². The van der Waals surface area contributed by atoms with Gasteiger partial charge in [0.15, 0.2) is 6.61 Å². The fourth-order valence-corrected chi connectivity index (χ4v) is 3.02. The number of hydrogen-bond donors (Lipinski definition) is 2. The Balaban J connectivity index is 1.93. The molecule has 0 saturated carbocycles. The third-order valence-electron chi connectivity index (χ3n) is 2.63. The van der Waals surface area contributed by atoms with E-state index in [2.05, 4.69) is 37.2 Å². The Morgan fingerprint density at radius 1 is 1.27 bits per heavy atom. The van der Waals surface area contributed by atoms with Crippen molar-refractivity contribution in [3.8, 4) is 5.75 Å². The summed E-state index contributed by atoms with van der Waals surface area (Å²) >= 11 is 6.44. The van der Waals surface area contributed by atoms with Gasteiger partial charge in [-0.1, -0.05) is 0 Å². The van der Waals surface area contributed by atoms with Crippen molar-refractivity contribution in [1.82, 2.24) is 5.32 Å². The van der Waals surface area contributed by atoms with Gasteiger partial charge in [-0.2, -0.15) is 0 Å². The summed E-state index contributed by atoms with van der Waals surface area (Å²) in [6.45, 7) is 0.0693. The van der Waals surface area contributed by atoms with Crippen LogP contribution in [0.2, 0.25) is 0 Å². The molecule has 1 aromatic heterocycles. The molecule has 1 amide bonds. The fourth-order valence-electron chi connectivity index (χ4n) is 1.61. The van der Waals surface area contributed by atoms with Crippen molar-refractivity contribution >= 4 is 43.7 Å². The number of rotatable bonds is 6. The number of aromatic carboxylic acids is 1. The lowest BCUT2D eigenvalue weighted by molar-refractivity contribution is -0.123. The second-order valence-corrected chi connectivity index (χ2v) is 5.93. The minimum Gasteiger partial charge on any atom is -0.481 e. The van der Waals surface area contributed by atoms with Gasteiger partial charge in [-0.15, -0.1) is 0 Å². The highest BCUT2D eigenvalue weighted by Gasteiger charge is 2.14. The van der Waals surface area contributed by atoms with E-state index in [-0.39, 0.29) is 24.6 Å². The summed E-state index contributed by atoms with van der Waals surface area (Å²) in [6, 6.07) is 6.29. The Hall–Kier alpha value is -1.80. The molecule has 0 aliphatic heterocycles. The standard InChI is InChI=1S/C14H11Br2NO5/c15-10-4-8(14(19)20)5-11(16)13(10)22-7-12(18)17-6-9-2-1-3-21-9/h1-5H,6-7H2,(H,17,18)(H,19,20). The number of carboxylic acids is 1. The third kappa shape index (κ3) is 4.35. The van der Waals surface area contributed by atoms with Gasteiger partial charge in [0.1, 0.15) is 11.5 Å². The van der Waals surface area contributed by atoms with E-state index < -0.39 is 5.97 Å². The smallest absolute Gasteiger partial charge is 0.335 e. The normalized spacial score (nSPS) is 10.3. The number of ether oxygens (including phenoxy) is 1. The lowest BCUT2D eigenvalue weighted by atomic mass is 10.2. The van der Waals surface area contributed by atoms with Gasteiger partial charge >= 0.3 is 5.97 Å². The van der Waals surface area contributed by atoms with Gasteiger partial charge in [0, 0.05) is 0 Å². The van der Waals surface area contributed by atoms with E-state index in [9.17, 15) is 9.59 Å². The van der Waals surface area contributed by atoms with E-state index >= 15 is 0 Å². The predicted molar refractivity (Wildman–Crippen MR) is 84.9 cm³/mol. The molecule has 1 aromatic carbocycles. The average molecular weight is 433 g/mol. The van der Waals surface area contributed by atoms with Crippen LogP contribution in [0.3, 0.4) is 0 Å². The van der Waals surface area contributed by atoms with Gasteiger partial charge in [0.2, 0.25) is 0 Å². The summed E-state index contributed by atoms with van der Waals surface area (Å²) in [5.74, 6) is -0.374. The van der Waals surface area contributed by atoms with Crippen molar-refractivity contribution < 1.29 is 23.8 Å². The van der Waals surface area contributed by atoms with Crippen molar-refractivity contribution in [1.29, 1.82) is 0 Å². The zero-order valence-corrected chi connectivity index (χ0v) is 14.3. The van der Waals surface area contributed by atoms with Crippen LogP contribution in [-0.4, -0.2) is 23.6 Å². The molecule has 116 valence electrons. The second kappa shape index (κ2) is 7.46. The monoisotopic (exact) mass is 431 g/mol. The molecule has 0 radical (unpaired) electrons. The predicted octanol–water partition coefficient (Wildman–Crippen LogP) is 3.20. The van der Waals surface area contributed by atoms with Crippen LogP contribution in [0.15, 0.2) is 43.9 Å². The number of carbonyl (C=O) groups excluding carboxylic acids is 1. The number of nitrogens with one attached hydrogen (secondary N) is 1. The molecular formula is C14H11Br2NO5. The first-order valence-corrected chi connectivity index (χ1v) is 7.70. The summed E-state index contributed by atoms with van der Waals surface area (Å²) in [5, 5.41) is 11.6. The van der Waals surface area contributed by atoms with E-state index in [1.807, 2.05) is 0 Å². The van der Waals surface area contributed by atoms with Crippen LogP contribution < -0.4 is 10.1 Å². The van der Waals surface area contributed by atoms with E-state index in [4.69, 9.17) is 14.3 Å². The molecule has 0 unspecified atom stereocenters. The SMILES string of the molecule is O=C(COc1c(Br)cc(C(=O)O)cc1Br)NCc1ccco1. The molecule has 0 saturated heterocycles. The van der Waals surface area contributed by atoms with Gasteiger partial charge in [0.25, 0.3) is 5.91 Å². The first-order valence-electron chi connectivity index (χ1n) is 6.11. The molecule has 0 aliphatic carbocycles. The van der Waals surface area contributed by atoms with Crippen molar-refractivity contribution in [2.75, 3.05) is 6.61 Å². The molecule has 0 fully saturated rings. The Morgan fingerprint density at radius 2 is 1.95 bits per heavy atom. The highest BCUT2D eigenvalue weighted by Crippen LogP contribution is 2.34. The lowest BCUT2D eigenvalue weighted by Gasteiger charge is -2.11.